The van der Waals surface area contributed by atoms with Gasteiger partial charge in [0.05, 0.1) is 22.0 Å². The first kappa shape index (κ1) is 24.6. The predicted octanol–water partition coefficient (Wildman–Crippen LogP) is 4.98. The van der Waals surface area contributed by atoms with E-state index in [1.807, 2.05) is 0 Å². The van der Waals surface area contributed by atoms with Crippen LogP contribution in [0.25, 0.3) is 0 Å². The van der Waals surface area contributed by atoms with Crippen LogP contribution in [0.5, 0.6) is 0 Å². The summed E-state index contributed by atoms with van der Waals surface area (Å²) in [6.45, 7) is 0. The third kappa shape index (κ3) is 6.15. The largest absolute Gasteiger partial charge is 0.328 e. The second-order valence-corrected chi connectivity index (χ2v) is 11.3. The number of hydrogen-bond acceptors (Lipinski definition) is 8. The molecule has 0 aliphatic heterocycles. The molecule has 0 bridgehead atoms. The fraction of sp³-hybridized carbons (Fsp3) is 0.0870. The SMILES string of the molecule is CN(c1ccccc1)S(=O)(=O)c1cccc(NC(=O)CSc2nnc(Nc3ccccc3F)s2)c1. The molecule has 0 unspecified atom stereocenters. The summed E-state index contributed by atoms with van der Waals surface area (Å²) in [6.07, 6.45) is 0. The molecule has 0 fully saturated rings. The van der Waals surface area contributed by atoms with Gasteiger partial charge in [0.15, 0.2) is 4.34 Å². The second-order valence-electron chi connectivity index (χ2n) is 7.15. The first-order chi connectivity index (χ1) is 16.8. The van der Waals surface area contributed by atoms with Crippen molar-refractivity contribution in [3.63, 3.8) is 0 Å². The molecule has 12 heteroatoms. The highest BCUT2D eigenvalue weighted by Crippen LogP contribution is 2.29. The molecule has 2 N–H and O–H groups in total. The average Bonchev–Trinajstić information content (AvgIpc) is 3.32. The maximum Gasteiger partial charge on any atom is 0.264 e. The number of rotatable bonds is 9. The Morgan fingerprint density at radius 3 is 2.54 bits per heavy atom. The summed E-state index contributed by atoms with van der Waals surface area (Å²) in [5, 5.41) is 13.9. The molecule has 35 heavy (non-hydrogen) atoms. The molecule has 8 nitrogen and oxygen atoms in total. The zero-order valence-electron chi connectivity index (χ0n) is 18.4. The number of nitrogens with zero attached hydrogens (tertiary/aromatic N) is 3. The van der Waals surface area contributed by atoms with Gasteiger partial charge in [-0.2, -0.15) is 0 Å². The monoisotopic (exact) mass is 529 g/mol. The van der Waals surface area contributed by atoms with E-state index in [0.29, 0.717) is 20.8 Å². The highest BCUT2D eigenvalue weighted by molar-refractivity contribution is 8.01. The Morgan fingerprint density at radius 2 is 1.77 bits per heavy atom. The second kappa shape index (κ2) is 10.8. The number of hydrogen-bond donors (Lipinski definition) is 2. The number of benzene rings is 3. The first-order valence-electron chi connectivity index (χ1n) is 10.2. The third-order valence-corrected chi connectivity index (χ3v) is 8.50. The molecule has 4 aromatic rings. The van der Waals surface area contributed by atoms with Gasteiger partial charge in [-0.25, -0.2) is 12.8 Å². The molecule has 1 aromatic heterocycles. The Hall–Kier alpha value is -3.48. The molecule has 0 aliphatic carbocycles. The van der Waals surface area contributed by atoms with Crippen molar-refractivity contribution in [2.24, 2.45) is 0 Å². The van der Waals surface area contributed by atoms with Crippen molar-refractivity contribution in [3.8, 4) is 0 Å². The number of para-hydroxylation sites is 2. The van der Waals surface area contributed by atoms with Crippen molar-refractivity contribution in [1.29, 1.82) is 0 Å². The molecule has 1 amide bonds. The van der Waals surface area contributed by atoms with Crippen LogP contribution in [0.3, 0.4) is 0 Å². The van der Waals surface area contributed by atoms with E-state index in [9.17, 15) is 17.6 Å². The fourth-order valence-electron chi connectivity index (χ4n) is 2.99. The Bertz CT molecular complexity index is 1430. The molecule has 0 atom stereocenters. The highest BCUT2D eigenvalue weighted by atomic mass is 32.2. The third-order valence-electron chi connectivity index (χ3n) is 4.74. The van der Waals surface area contributed by atoms with E-state index >= 15 is 0 Å². The number of nitrogens with one attached hydrogen (secondary N) is 2. The van der Waals surface area contributed by atoms with Crippen LogP contribution in [0, 0.1) is 5.82 Å². The van der Waals surface area contributed by atoms with Crippen molar-refractivity contribution in [3.05, 3.63) is 84.7 Å². The summed E-state index contributed by atoms with van der Waals surface area (Å²) in [4.78, 5) is 12.5. The van der Waals surface area contributed by atoms with E-state index in [-0.39, 0.29) is 22.2 Å². The summed E-state index contributed by atoms with van der Waals surface area (Å²) >= 11 is 2.36. The van der Waals surface area contributed by atoms with Crippen LogP contribution in [0.2, 0.25) is 0 Å². The van der Waals surface area contributed by atoms with Crippen molar-refractivity contribution < 1.29 is 17.6 Å². The predicted molar refractivity (Wildman–Crippen MR) is 137 cm³/mol. The van der Waals surface area contributed by atoms with Gasteiger partial charge in [-0.1, -0.05) is 59.5 Å². The Morgan fingerprint density at radius 1 is 1.03 bits per heavy atom. The van der Waals surface area contributed by atoms with Crippen LogP contribution in [-0.4, -0.2) is 37.3 Å². The lowest BCUT2D eigenvalue weighted by atomic mass is 10.3. The fourth-order valence-corrected chi connectivity index (χ4v) is 5.80. The molecule has 180 valence electrons. The number of halogens is 1. The summed E-state index contributed by atoms with van der Waals surface area (Å²) in [6, 6.07) is 21.0. The van der Waals surface area contributed by atoms with E-state index in [0.717, 1.165) is 0 Å². The van der Waals surface area contributed by atoms with Crippen LogP contribution in [0.15, 0.2) is 88.1 Å². The lowest BCUT2D eigenvalue weighted by molar-refractivity contribution is -0.113. The highest BCUT2D eigenvalue weighted by Gasteiger charge is 2.21. The number of anilines is 4. The number of carbonyl (C=O) groups is 1. The molecule has 3 aromatic carbocycles. The summed E-state index contributed by atoms with van der Waals surface area (Å²) in [5.74, 6) is -0.704. The van der Waals surface area contributed by atoms with Crippen molar-refractivity contribution in [2.45, 2.75) is 9.24 Å². The quantitative estimate of drug-likeness (QED) is 0.295. The lowest BCUT2D eigenvalue weighted by Gasteiger charge is -2.19. The molecule has 4 rings (SSSR count). The molecule has 0 saturated carbocycles. The molecular formula is C23H20FN5O3S3. The average molecular weight is 530 g/mol. The van der Waals surface area contributed by atoms with E-state index in [2.05, 4.69) is 20.8 Å². The van der Waals surface area contributed by atoms with E-state index in [4.69, 9.17) is 0 Å². The van der Waals surface area contributed by atoms with Gasteiger partial charge in [-0.3, -0.25) is 9.10 Å². The Kier molecular flexibility index (Phi) is 7.63. The van der Waals surface area contributed by atoms with E-state index in [1.54, 1.807) is 60.7 Å². The van der Waals surface area contributed by atoms with Crippen LogP contribution >= 0.6 is 23.1 Å². The summed E-state index contributed by atoms with van der Waals surface area (Å²) in [5.41, 5.74) is 1.17. The van der Waals surface area contributed by atoms with Crippen molar-refractivity contribution in [1.82, 2.24) is 10.2 Å². The molecule has 0 radical (unpaired) electrons. The van der Waals surface area contributed by atoms with Gasteiger partial charge < -0.3 is 10.6 Å². The minimum atomic E-state index is -3.81. The van der Waals surface area contributed by atoms with Crippen LogP contribution in [-0.2, 0) is 14.8 Å². The van der Waals surface area contributed by atoms with Gasteiger partial charge in [0.1, 0.15) is 5.82 Å². The minimum Gasteiger partial charge on any atom is -0.328 e. The van der Waals surface area contributed by atoms with E-state index in [1.165, 1.54) is 52.7 Å². The van der Waals surface area contributed by atoms with Crippen molar-refractivity contribution in [2.75, 3.05) is 27.7 Å². The van der Waals surface area contributed by atoms with Gasteiger partial charge in [0, 0.05) is 12.7 Å². The lowest BCUT2D eigenvalue weighted by Crippen LogP contribution is -2.26. The van der Waals surface area contributed by atoms with Gasteiger partial charge in [-0.05, 0) is 42.5 Å². The van der Waals surface area contributed by atoms with Crippen LogP contribution < -0.4 is 14.9 Å². The van der Waals surface area contributed by atoms with Crippen LogP contribution in [0.4, 0.5) is 26.6 Å². The maximum atomic E-state index is 13.8. The number of aromatic nitrogens is 2. The van der Waals surface area contributed by atoms with Gasteiger partial charge in [-0.15, -0.1) is 10.2 Å². The van der Waals surface area contributed by atoms with Crippen molar-refractivity contribution >= 4 is 61.2 Å². The molecule has 0 spiro atoms. The topological polar surface area (TPSA) is 104 Å². The Balaban J connectivity index is 1.36. The molecule has 0 aliphatic rings. The van der Waals surface area contributed by atoms with Gasteiger partial charge in [0.25, 0.3) is 10.0 Å². The number of sulfonamides is 1. The zero-order chi connectivity index (χ0) is 24.8. The molecule has 1 heterocycles. The molecule has 0 saturated heterocycles. The smallest absolute Gasteiger partial charge is 0.264 e. The van der Waals surface area contributed by atoms with Crippen LogP contribution in [0.1, 0.15) is 0 Å². The Labute approximate surface area is 210 Å². The first-order valence-corrected chi connectivity index (χ1v) is 13.5. The number of thioether (sulfide) groups is 1. The number of amides is 1. The molecular weight excluding hydrogens is 509 g/mol. The standard InChI is InChI=1S/C23H20FN5O3S3/c1-29(17-9-3-2-4-10-17)35(31,32)18-11-7-8-16(14-18)25-21(30)15-33-23-28-27-22(34-23)26-20-13-6-5-12-19(20)24/h2-14H,15H2,1H3,(H,25,30)(H,26,27). The number of carbonyl (C=O) groups excluding carboxylic acids is 1. The normalized spacial score (nSPS) is 11.1. The van der Waals surface area contributed by atoms with E-state index < -0.39 is 15.8 Å². The van der Waals surface area contributed by atoms with Gasteiger partial charge >= 0.3 is 0 Å². The summed E-state index contributed by atoms with van der Waals surface area (Å²) in [7, 11) is -2.33. The maximum absolute atomic E-state index is 13.8. The van der Waals surface area contributed by atoms with Gasteiger partial charge in [0.2, 0.25) is 11.0 Å². The summed E-state index contributed by atoms with van der Waals surface area (Å²) < 4.78 is 41.5. The minimum absolute atomic E-state index is 0.0369. The zero-order valence-corrected chi connectivity index (χ0v) is 20.8.